The zero-order chi connectivity index (χ0) is 18.1. The first kappa shape index (κ1) is 21.2. The van der Waals surface area contributed by atoms with E-state index in [0.717, 1.165) is 25.0 Å². The standard InChI is InChI=1S/C22H44N2O/c1-5-7-9-21(4)10-8-13-24-16-17-25-22(19-24)11-14-23(15-12-22)18-20(3)6-2/h20-21H,5-19H2,1-4H3. The van der Waals surface area contributed by atoms with E-state index in [9.17, 15) is 0 Å². The van der Waals surface area contributed by atoms with Crippen LogP contribution in [0.2, 0.25) is 0 Å². The summed E-state index contributed by atoms with van der Waals surface area (Å²) in [7, 11) is 0. The van der Waals surface area contributed by atoms with Crippen molar-refractivity contribution >= 4 is 0 Å². The van der Waals surface area contributed by atoms with Crippen molar-refractivity contribution in [3.05, 3.63) is 0 Å². The molecule has 0 aromatic carbocycles. The Labute approximate surface area is 157 Å². The van der Waals surface area contributed by atoms with Crippen molar-refractivity contribution in [1.29, 1.82) is 0 Å². The molecule has 148 valence electrons. The Morgan fingerprint density at radius 3 is 2.32 bits per heavy atom. The summed E-state index contributed by atoms with van der Waals surface area (Å²) in [5.74, 6) is 1.73. The molecule has 2 fully saturated rings. The molecular weight excluding hydrogens is 308 g/mol. The molecule has 0 bridgehead atoms. The zero-order valence-corrected chi connectivity index (χ0v) is 17.6. The van der Waals surface area contributed by atoms with E-state index in [1.54, 1.807) is 0 Å². The van der Waals surface area contributed by atoms with Crippen molar-refractivity contribution in [2.45, 2.75) is 84.7 Å². The van der Waals surface area contributed by atoms with Gasteiger partial charge in [0.2, 0.25) is 0 Å². The zero-order valence-electron chi connectivity index (χ0n) is 17.6. The van der Waals surface area contributed by atoms with Crippen LogP contribution in [0.5, 0.6) is 0 Å². The van der Waals surface area contributed by atoms with Gasteiger partial charge in [-0.15, -0.1) is 0 Å². The van der Waals surface area contributed by atoms with Gasteiger partial charge in [0.1, 0.15) is 0 Å². The van der Waals surface area contributed by atoms with Crippen LogP contribution < -0.4 is 0 Å². The van der Waals surface area contributed by atoms with E-state index >= 15 is 0 Å². The molecule has 0 radical (unpaired) electrons. The lowest BCUT2D eigenvalue weighted by atomic mass is 9.88. The molecule has 2 atom stereocenters. The third kappa shape index (κ3) is 7.19. The molecule has 25 heavy (non-hydrogen) atoms. The van der Waals surface area contributed by atoms with Gasteiger partial charge >= 0.3 is 0 Å². The number of likely N-dealkylation sites (tertiary alicyclic amines) is 1. The first-order chi connectivity index (χ1) is 12.1. The Morgan fingerprint density at radius 1 is 0.920 bits per heavy atom. The third-order valence-electron chi connectivity index (χ3n) is 6.58. The van der Waals surface area contributed by atoms with Gasteiger partial charge in [0.05, 0.1) is 12.2 Å². The normalized spacial score (nSPS) is 24.5. The fraction of sp³-hybridized carbons (Fsp3) is 1.00. The topological polar surface area (TPSA) is 15.7 Å². The highest BCUT2D eigenvalue weighted by Crippen LogP contribution is 2.31. The number of rotatable bonds is 10. The molecule has 0 N–H and O–H groups in total. The van der Waals surface area contributed by atoms with E-state index in [2.05, 4.69) is 37.5 Å². The Kier molecular flexibility index (Phi) is 9.23. The maximum atomic E-state index is 6.33. The predicted molar refractivity (Wildman–Crippen MR) is 108 cm³/mol. The van der Waals surface area contributed by atoms with Crippen LogP contribution in [0, 0.1) is 11.8 Å². The van der Waals surface area contributed by atoms with E-state index in [4.69, 9.17) is 4.74 Å². The summed E-state index contributed by atoms with van der Waals surface area (Å²) < 4.78 is 6.33. The highest BCUT2D eigenvalue weighted by Gasteiger charge is 2.39. The van der Waals surface area contributed by atoms with Gasteiger partial charge in [-0.1, -0.05) is 53.4 Å². The Morgan fingerprint density at radius 2 is 1.64 bits per heavy atom. The fourth-order valence-electron chi connectivity index (χ4n) is 4.49. The maximum Gasteiger partial charge on any atom is 0.0833 e. The smallest absolute Gasteiger partial charge is 0.0833 e. The van der Waals surface area contributed by atoms with Crippen LogP contribution in [0.1, 0.15) is 79.1 Å². The predicted octanol–water partition coefficient (Wildman–Crippen LogP) is 4.81. The van der Waals surface area contributed by atoms with Crippen molar-refractivity contribution in [2.24, 2.45) is 11.8 Å². The molecule has 2 heterocycles. The highest BCUT2D eigenvalue weighted by molar-refractivity contribution is 4.93. The van der Waals surface area contributed by atoms with E-state index in [0.29, 0.717) is 0 Å². The Bertz CT molecular complexity index is 352. The van der Waals surface area contributed by atoms with Gasteiger partial charge in [-0.25, -0.2) is 0 Å². The van der Waals surface area contributed by atoms with E-state index in [1.807, 2.05) is 0 Å². The summed E-state index contributed by atoms with van der Waals surface area (Å²) in [6.45, 7) is 17.7. The fourth-order valence-corrected chi connectivity index (χ4v) is 4.49. The van der Waals surface area contributed by atoms with Crippen LogP contribution >= 0.6 is 0 Å². The summed E-state index contributed by atoms with van der Waals surface area (Å²) >= 11 is 0. The van der Waals surface area contributed by atoms with Crippen LogP contribution in [-0.2, 0) is 4.74 Å². The van der Waals surface area contributed by atoms with Crippen LogP contribution in [0.4, 0.5) is 0 Å². The van der Waals surface area contributed by atoms with Gasteiger partial charge in [0.25, 0.3) is 0 Å². The van der Waals surface area contributed by atoms with Crippen molar-refractivity contribution in [3.63, 3.8) is 0 Å². The number of morpholine rings is 1. The summed E-state index contributed by atoms with van der Waals surface area (Å²) in [5, 5.41) is 0. The quantitative estimate of drug-likeness (QED) is 0.561. The van der Waals surface area contributed by atoms with E-state index in [-0.39, 0.29) is 5.60 Å². The molecule has 0 aliphatic carbocycles. The minimum Gasteiger partial charge on any atom is -0.372 e. The largest absolute Gasteiger partial charge is 0.372 e. The summed E-state index contributed by atoms with van der Waals surface area (Å²) in [6, 6.07) is 0. The minimum absolute atomic E-state index is 0.165. The number of piperidine rings is 1. The van der Waals surface area contributed by atoms with Gasteiger partial charge in [-0.3, -0.25) is 4.90 Å². The molecule has 3 heteroatoms. The molecule has 2 rings (SSSR count). The molecule has 0 saturated carbocycles. The SMILES string of the molecule is CCCCC(C)CCCN1CCOC2(CCN(CC(C)CC)CC2)C1. The lowest BCUT2D eigenvalue weighted by Gasteiger charge is -2.47. The van der Waals surface area contributed by atoms with Crippen LogP contribution in [0.25, 0.3) is 0 Å². The molecule has 0 amide bonds. The van der Waals surface area contributed by atoms with Crippen molar-refractivity contribution in [2.75, 3.05) is 45.9 Å². The molecule has 2 aliphatic heterocycles. The molecule has 2 unspecified atom stereocenters. The average Bonchev–Trinajstić information content (AvgIpc) is 2.62. The van der Waals surface area contributed by atoms with Gasteiger partial charge in [0.15, 0.2) is 0 Å². The second-order valence-corrected chi connectivity index (χ2v) is 9.01. The van der Waals surface area contributed by atoms with Gasteiger partial charge in [0, 0.05) is 32.7 Å². The van der Waals surface area contributed by atoms with Crippen molar-refractivity contribution in [1.82, 2.24) is 9.80 Å². The summed E-state index contributed by atoms with van der Waals surface area (Å²) in [6.07, 6.45) is 10.7. The van der Waals surface area contributed by atoms with Gasteiger partial charge in [-0.2, -0.15) is 0 Å². The molecule has 0 aromatic heterocycles. The maximum absolute atomic E-state index is 6.33. The van der Waals surface area contributed by atoms with E-state index in [1.165, 1.54) is 84.1 Å². The minimum atomic E-state index is 0.165. The first-order valence-electron chi connectivity index (χ1n) is 11.2. The average molecular weight is 353 g/mol. The summed E-state index contributed by atoms with van der Waals surface area (Å²) in [5.41, 5.74) is 0.165. The number of ether oxygens (including phenoxy) is 1. The summed E-state index contributed by atoms with van der Waals surface area (Å²) in [4.78, 5) is 5.36. The van der Waals surface area contributed by atoms with Crippen molar-refractivity contribution in [3.8, 4) is 0 Å². The molecule has 0 aromatic rings. The number of hydrogen-bond donors (Lipinski definition) is 0. The molecule has 2 saturated heterocycles. The molecule has 1 spiro atoms. The van der Waals surface area contributed by atoms with Crippen LogP contribution in [0.3, 0.4) is 0 Å². The van der Waals surface area contributed by atoms with Crippen LogP contribution in [-0.4, -0.2) is 61.3 Å². The second kappa shape index (κ2) is 10.9. The number of nitrogens with zero attached hydrogens (tertiary/aromatic N) is 2. The third-order valence-corrected chi connectivity index (χ3v) is 6.58. The number of unbranched alkanes of at least 4 members (excludes halogenated alkanes) is 1. The van der Waals surface area contributed by atoms with E-state index < -0.39 is 0 Å². The molecule has 2 aliphatic rings. The first-order valence-corrected chi connectivity index (χ1v) is 11.2. The molecular formula is C22H44N2O. The van der Waals surface area contributed by atoms with Crippen LogP contribution in [0.15, 0.2) is 0 Å². The van der Waals surface area contributed by atoms with Crippen molar-refractivity contribution < 1.29 is 4.74 Å². The van der Waals surface area contributed by atoms with Gasteiger partial charge in [-0.05, 0) is 44.1 Å². The number of hydrogen-bond acceptors (Lipinski definition) is 3. The highest BCUT2D eigenvalue weighted by atomic mass is 16.5. The lowest BCUT2D eigenvalue weighted by Crippen LogP contribution is -2.57. The lowest BCUT2D eigenvalue weighted by molar-refractivity contribution is -0.136. The second-order valence-electron chi connectivity index (χ2n) is 9.01. The Hall–Kier alpha value is -0.120. The Balaban J connectivity index is 1.68. The van der Waals surface area contributed by atoms with Gasteiger partial charge < -0.3 is 9.64 Å². The molecule has 3 nitrogen and oxygen atoms in total. The monoisotopic (exact) mass is 352 g/mol.